The average molecular weight is 418 g/mol. The van der Waals surface area contributed by atoms with E-state index >= 15 is 0 Å². The van der Waals surface area contributed by atoms with Gasteiger partial charge in [-0.25, -0.2) is 4.79 Å². The van der Waals surface area contributed by atoms with Crippen molar-refractivity contribution in [1.82, 2.24) is 0 Å². The van der Waals surface area contributed by atoms with Crippen LogP contribution in [-0.4, -0.2) is 31.5 Å². The normalized spacial score (nSPS) is 10.1. The van der Waals surface area contributed by atoms with Crippen LogP contribution in [0.25, 0.3) is 0 Å². The Morgan fingerprint density at radius 3 is 2.29 bits per heavy atom. The zero-order valence-electron chi connectivity index (χ0n) is 17.2. The summed E-state index contributed by atoms with van der Waals surface area (Å²) in [5, 5.41) is 5.37. The van der Waals surface area contributed by atoms with E-state index in [4.69, 9.17) is 9.47 Å². The second-order valence-corrected chi connectivity index (χ2v) is 6.69. The molecule has 0 spiro atoms. The third kappa shape index (κ3) is 5.70. The van der Waals surface area contributed by atoms with E-state index in [-0.39, 0.29) is 11.5 Å². The van der Waals surface area contributed by atoms with Crippen molar-refractivity contribution in [1.29, 1.82) is 0 Å². The van der Waals surface area contributed by atoms with Crippen molar-refractivity contribution >= 4 is 29.2 Å². The number of benzene rings is 3. The lowest BCUT2D eigenvalue weighted by atomic mass is 10.1. The van der Waals surface area contributed by atoms with Crippen LogP contribution in [-0.2, 0) is 9.53 Å². The highest BCUT2D eigenvalue weighted by atomic mass is 16.5. The molecule has 0 radical (unpaired) electrons. The number of methoxy groups -OCH3 is 1. The lowest BCUT2D eigenvalue weighted by molar-refractivity contribution is -0.119. The summed E-state index contributed by atoms with van der Waals surface area (Å²) in [5.74, 6) is -1.09. The number of hydrogen-bond donors (Lipinski definition) is 2. The molecule has 0 aliphatic heterocycles. The number of amides is 2. The lowest BCUT2D eigenvalue weighted by Crippen LogP contribution is -2.22. The molecule has 2 N–H and O–H groups in total. The van der Waals surface area contributed by atoms with Crippen LogP contribution >= 0.6 is 0 Å². The van der Waals surface area contributed by atoms with Gasteiger partial charge in [0.2, 0.25) is 0 Å². The maximum absolute atomic E-state index is 12.5. The van der Waals surface area contributed by atoms with Gasteiger partial charge in [-0.15, -0.1) is 0 Å². The molecule has 0 aromatic heterocycles. The molecule has 3 rings (SSSR count). The van der Waals surface area contributed by atoms with E-state index in [0.29, 0.717) is 22.7 Å². The number of carbonyl (C=O) groups excluding carboxylic acids is 3. The first-order valence-corrected chi connectivity index (χ1v) is 9.55. The van der Waals surface area contributed by atoms with Crippen LogP contribution in [0.5, 0.6) is 5.75 Å². The Morgan fingerprint density at radius 1 is 0.839 bits per heavy atom. The van der Waals surface area contributed by atoms with Crippen LogP contribution in [0, 0.1) is 6.92 Å². The van der Waals surface area contributed by atoms with Crippen molar-refractivity contribution in [2.45, 2.75) is 6.92 Å². The van der Waals surface area contributed by atoms with Crippen LogP contribution in [0.3, 0.4) is 0 Å². The summed E-state index contributed by atoms with van der Waals surface area (Å²) in [4.78, 5) is 37.2. The fourth-order valence-electron chi connectivity index (χ4n) is 2.87. The molecule has 0 unspecified atom stereocenters. The topological polar surface area (TPSA) is 93.7 Å². The standard InChI is InChI=1S/C24H22N2O5/c1-16-12-13-21(30-2)20(14-16)25-22(27)15-31-24(29)18-10-6-7-11-19(18)26-23(28)17-8-4-3-5-9-17/h3-14H,15H2,1-2H3,(H,25,27)(H,26,28). The number of carbonyl (C=O) groups is 3. The Hall–Kier alpha value is -4.13. The highest BCUT2D eigenvalue weighted by Gasteiger charge is 2.17. The molecule has 2 amide bonds. The molecule has 0 aliphatic carbocycles. The SMILES string of the molecule is COc1ccc(C)cc1NC(=O)COC(=O)c1ccccc1NC(=O)c1ccccc1. The van der Waals surface area contributed by atoms with Gasteiger partial charge in [0, 0.05) is 5.56 Å². The van der Waals surface area contributed by atoms with E-state index in [9.17, 15) is 14.4 Å². The lowest BCUT2D eigenvalue weighted by Gasteiger charge is -2.12. The van der Waals surface area contributed by atoms with Crippen molar-refractivity contribution in [2.75, 3.05) is 24.4 Å². The van der Waals surface area contributed by atoms with E-state index in [1.165, 1.54) is 13.2 Å². The summed E-state index contributed by atoms with van der Waals surface area (Å²) in [6.07, 6.45) is 0. The monoisotopic (exact) mass is 418 g/mol. The molecule has 158 valence electrons. The van der Waals surface area contributed by atoms with E-state index in [2.05, 4.69) is 10.6 Å². The number of esters is 1. The molecule has 7 nitrogen and oxygen atoms in total. The number of aryl methyl sites for hydroxylation is 1. The van der Waals surface area contributed by atoms with Gasteiger partial charge in [-0.2, -0.15) is 0 Å². The Labute approximate surface area is 180 Å². The summed E-state index contributed by atoms with van der Waals surface area (Å²) < 4.78 is 10.4. The van der Waals surface area contributed by atoms with Crippen LogP contribution in [0.2, 0.25) is 0 Å². The number of hydrogen-bond acceptors (Lipinski definition) is 5. The fourth-order valence-corrected chi connectivity index (χ4v) is 2.87. The molecular formula is C24H22N2O5. The Kier molecular flexibility index (Phi) is 7.01. The second-order valence-electron chi connectivity index (χ2n) is 6.69. The maximum atomic E-state index is 12.5. The molecule has 31 heavy (non-hydrogen) atoms. The highest BCUT2D eigenvalue weighted by molar-refractivity contribution is 6.08. The summed E-state index contributed by atoms with van der Waals surface area (Å²) in [5.41, 5.74) is 2.32. The molecule has 0 heterocycles. The molecule has 0 aliphatic rings. The highest BCUT2D eigenvalue weighted by Crippen LogP contribution is 2.25. The predicted molar refractivity (Wildman–Crippen MR) is 117 cm³/mol. The molecule has 7 heteroatoms. The summed E-state index contributed by atoms with van der Waals surface area (Å²) >= 11 is 0. The van der Waals surface area contributed by atoms with Crippen molar-refractivity contribution in [3.63, 3.8) is 0 Å². The summed E-state index contributed by atoms with van der Waals surface area (Å²) in [6.45, 7) is 1.40. The summed E-state index contributed by atoms with van der Waals surface area (Å²) in [6, 6.07) is 20.4. The van der Waals surface area contributed by atoms with Gasteiger partial charge in [0.25, 0.3) is 11.8 Å². The first-order chi connectivity index (χ1) is 15.0. The van der Waals surface area contributed by atoms with Gasteiger partial charge in [-0.05, 0) is 48.9 Å². The quantitative estimate of drug-likeness (QED) is 0.565. The van der Waals surface area contributed by atoms with Gasteiger partial charge in [-0.3, -0.25) is 9.59 Å². The molecule has 0 saturated carbocycles. The Bertz CT molecular complexity index is 1100. The fraction of sp³-hybridized carbons (Fsp3) is 0.125. The number of ether oxygens (including phenoxy) is 2. The number of para-hydroxylation sites is 1. The zero-order chi connectivity index (χ0) is 22.2. The van der Waals surface area contributed by atoms with E-state index < -0.39 is 18.5 Å². The molecule has 0 saturated heterocycles. The molecule has 3 aromatic rings. The van der Waals surface area contributed by atoms with Crippen molar-refractivity contribution in [3.8, 4) is 5.75 Å². The Balaban J connectivity index is 1.64. The number of nitrogens with one attached hydrogen (secondary N) is 2. The molecule has 3 aromatic carbocycles. The average Bonchev–Trinajstić information content (AvgIpc) is 2.78. The van der Waals surface area contributed by atoms with Crippen molar-refractivity contribution in [2.24, 2.45) is 0 Å². The number of anilines is 2. The van der Waals surface area contributed by atoms with Crippen molar-refractivity contribution in [3.05, 3.63) is 89.5 Å². The van der Waals surface area contributed by atoms with E-state index in [0.717, 1.165) is 5.56 Å². The van der Waals surface area contributed by atoms with Crippen LogP contribution in [0.15, 0.2) is 72.8 Å². The minimum absolute atomic E-state index is 0.146. The largest absolute Gasteiger partial charge is 0.495 e. The molecule has 0 bridgehead atoms. The minimum atomic E-state index is -0.727. The van der Waals surface area contributed by atoms with Gasteiger partial charge in [-0.1, -0.05) is 36.4 Å². The number of rotatable bonds is 7. The summed E-state index contributed by atoms with van der Waals surface area (Å²) in [7, 11) is 1.50. The van der Waals surface area contributed by atoms with E-state index in [1.807, 2.05) is 13.0 Å². The Morgan fingerprint density at radius 2 is 1.55 bits per heavy atom. The first kappa shape index (κ1) is 21.6. The third-order valence-corrected chi connectivity index (χ3v) is 4.39. The van der Waals surface area contributed by atoms with Crippen molar-refractivity contribution < 1.29 is 23.9 Å². The first-order valence-electron chi connectivity index (χ1n) is 9.55. The van der Waals surface area contributed by atoms with Crippen LogP contribution in [0.4, 0.5) is 11.4 Å². The smallest absolute Gasteiger partial charge is 0.340 e. The van der Waals surface area contributed by atoms with Gasteiger partial charge < -0.3 is 20.1 Å². The maximum Gasteiger partial charge on any atom is 0.340 e. The van der Waals surface area contributed by atoms with Gasteiger partial charge in [0.15, 0.2) is 6.61 Å². The van der Waals surface area contributed by atoms with Gasteiger partial charge >= 0.3 is 5.97 Å². The second kappa shape index (κ2) is 10.1. The molecule has 0 fully saturated rings. The molecular weight excluding hydrogens is 396 g/mol. The van der Waals surface area contributed by atoms with Gasteiger partial charge in [0.05, 0.1) is 24.0 Å². The van der Waals surface area contributed by atoms with Crippen LogP contribution < -0.4 is 15.4 Å². The third-order valence-electron chi connectivity index (χ3n) is 4.39. The zero-order valence-corrected chi connectivity index (χ0v) is 17.2. The molecule has 0 atom stereocenters. The van der Waals surface area contributed by atoms with Gasteiger partial charge in [0.1, 0.15) is 5.75 Å². The predicted octanol–water partition coefficient (Wildman–Crippen LogP) is 4.05. The van der Waals surface area contributed by atoms with E-state index in [1.54, 1.807) is 60.7 Å². The minimum Gasteiger partial charge on any atom is -0.495 e. The van der Waals surface area contributed by atoms with Crippen LogP contribution in [0.1, 0.15) is 26.3 Å².